The summed E-state index contributed by atoms with van der Waals surface area (Å²) in [6.07, 6.45) is 0. The third kappa shape index (κ3) is 7.88. The Labute approximate surface area is 327 Å². The van der Waals surface area contributed by atoms with Crippen molar-refractivity contribution in [2.24, 2.45) is 10.7 Å². The molecule has 0 amide bonds. The van der Waals surface area contributed by atoms with Crippen molar-refractivity contribution >= 4 is 33.2 Å². The van der Waals surface area contributed by atoms with E-state index in [1.807, 2.05) is 78.9 Å². The van der Waals surface area contributed by atoms with E-state index in [0.29, 0.717) is 5.84 Å². The van der Waals surface area contributed by atoms with Crippen LogP contribution in [0.2, 0.25) is 0 Å². The number of hydrogen-bond acceptors (Lipinski definition) is 3. The molecule has 0 atom stereocenters. The lowest BCUT2D eigenvalue weighted by atomic mass is 9.94. The highest BCUT2D eigenvalue weighted by molar-refractivity contribution is 6.09. The Morgan fingerprint density at radius 1 is 0.464 bits per heavy atom. The topological polar surface area (TPSA) is 88.0 Å². The molecule has 9 aromatic rings. The first-order valence-corrected chi connectivity index (χ1v) is 18.6. The zero-order chi connectivity index (χ0) is 38.3. The van der Waals surface area contributed by atoms with E-state index >= 15 is 0 Å². The van der Waals surface area contributed by atoms with E-state index in [1.54, 1.807) is 0 Å². The maximum Gasteiger partial charge on any atom is 0.160 e. The average molecular weight is 722 g/mol. The second-order valence-corrected chi connectivity index (χ2v) is 13.5. The van der Waals surface area contributed by atoms with Gasteiger partial charge in [0.05, 0.1) is 11.4 Å². The third-order valence-electron chi connectivity index (χ3n) is 9.84. The van der Waals surface area contributed by atoms with E-state index in [2.05, 4.69) is 133 Å². The predicted molar refractivity (Wildman–Crippen MR) is 234 cm³/mol. The van der Waals surface area contributed by atoms with Crippen LogP contribution in [-0.2, 0) is 0 Å². The summed E-state index contributed by atoms with van der Waals surface area (Å²) < 4.78 is 0. The SMILES string of the molecule is Cc1c(-c2ccc(-c3cc(-c4ccccc4)nc(-c4ccc5ccccc5c4)n3)cc2)ccc2ccccc12.N=C(N=C(N)c1ccccc1)c1ccccc1. The first kappa shape index (κ1) is 35.5. The van der Waals surface area contributed by atoms with E-state index in [0.717, 1.165) is 45.0 Å². The maximum atomic E-state index is 7.84. The lowest BCUT2D eigenvalue weighted by molar-refractivity contribution is 1.18. The Morgan fingerprint density at radius 3 is 1.64 bits per heavy atom. The Morgan fingerprint density at radius 2 is 0.964 bits per heavy atom. The van der Waals surface area contributed by atoms with Gasteiger partial charge in [0.25, 0.3) is 0 Å². The number of amidine groups is 2. The van der Waals surface area contributed by atoms with Crippen molar-refractivity contribution in [3.05, 3.63) is 217 Å². The molecule has 1 heterocycles. The molecule has 0 unspecified atom stereocenters. The molecule has 0 saturated carbocycles. The highest BCUT2D eigenvalue weighted by Gasteiger charge is 2.12. The van der Waals surface area contributed by atoms with Gasteiger partial charge >= 0.3 is 0 Å². The van der Waals surface area contributed by atoms with Crippen LogP contribution in [0, 0.1) is 12.3 Å². The minimum Gasteiger partial charge on any atom is -0.383 e. The molecule has 5 nitrogen and oxygen atoms in total. The zero-order valence-corrected chi connectivity index (χ0v) is 31.0. The van der Waals surface area contributed by atoms with Gasteiger partial charge in [-0.15, -0.1) is 0 Å². The second-order valence-electron chi connectivity index (χ2n) is 13.5. The second kappa shape index (κ2) is 16.3. The molecule has 0 aliphatic rings. The van der Waals surface area contributed by atoms with Crippen molar-refractivity contribution < 1.29 is 0 Å². The van der Waals surface area contributed by atoms with Crippen molar-refractivity contribution in [1.82, 2.24) is 9.97 Å². The van der Waals surface area contributed by atoms with Crippen molar-refractivity contribution in [2.45, 2.75) is 6.92 Å². The molecule has 0 radical (unpaired) electrons. The molecule has 5 heteroatoms. The van der Waals surface area contributed by atoms with Gasteiger partial charge in [0, 0.05) is 27.8 Å². The van der Waals surface area contributed by atoms with Gasteiger partial charge in [0.15, 0.2) is 11.7 Å². The van der Waals surface area contributed by atoms with E-state index < -0.39 is 0 Å². The highest BCUT2D eigenvalue weighted by atomic mass is 14.9. The molecule has 0 aliphatic heterocycles. The summed E-state index contributed by atoms with van der Waals surface area (Å²) in [7, 11) is 0. The average Bonchev–Trinajstić information content (AvgIpc) is 3.27. The lowest BCUT2D eigenvalue weighted by Gasteiger charge is -2.12. The van der Waals surface area contributed by atoms with Crippen LogP contribution >= 0.6 is 0 Å². The number of aryl methyl sites for hydroxylation is 1. The van der Waals surface area contributed by atoms with Crippen LogP contribution in [0.25, 0.3) is 66.6 Å². The Hall–Kier alpha value is -7.50. The number of nitrogens with two attached hydrogens (primary N) is 1. The lowest BCUT2D eigenvalue weighted by Crippen LogP contribution is -2.15. The molecule has 1 aromatic heterocycles. The Balaban J connectivity index is 0.000000218. The van der Waals surface area contributed by atoms with Crippen LogP contribution in [0.3, 0.4) is 0 Å². The largest absolute Gasteiger partial charge is 0.383 e. The summed E-state index contributed by atoms with van der Waals surface area (Å²) in [4.78, 5) is 14.2. The molecule has 0 spiro atoms. The molecule has 56 heavy (non-hydrogen) atoms. The molecular weight excluding hydrogens is 683 g/mol. The monoisotopic (exact) mass is 721 g/mol. The molecule has 268 valence electrons. The number of rotatable bonds is 6. The van der Waals surface area contributed by atoms with Crippen molar-refractivity contribution in [3.8, 4) is 45.0 Å². The Kier molecular flexibility index (Phi) is 10.3. The number of aromatic nitrogens is 2. The van der Waals surface area contributed by atoms with Crippen LogP contribution in [0.4, 0.5) is 0 Å². The number of fused-ring (bicyclic) bond motifs is 2. The minimum absolute atomic E-state index is 0.173. The van der Waals surface area contributed by atoms with Gasteiger partial charge < -0.3 is 5.73 Å². The fourth-order valence-corrected chi connectivity index (χ4v) is 6.82. The van der Waals surface area contributed by atoms with Crippen LogP contribution < -0.4 is 5.73 Å². The van der Waals surface area contributed by atoms with Crippen molar-refractivity contribution in [1.29, 1.82) is 5.41 Å². The number of nitrogens with one attached hydrogen (secondary N) is 1. The van der Waals surface area contributed by atoms with E-state index in [-0.39, 0.29) is 5.84 Å². The normalized spacial score (nSPS) is 11.2. The summed E-state index contributed by atoms with van der Waals surface area (Å²) in [5, 5.41) is 12.8. The molecule has 0 aliphatic carbocycles. The quantitative estimate of drug-likeness (QED) is 0.132. The van der Waals surface area contributed by atoms with Gasteiger partial charge in [-0.05, 0) is 57.3 Å². The number of nitrogens with zero attached hydrogens (tertiary/aromatic N) is 3. The maximum absolute atomic E-state index is 7.84. The van der Waals surface area contributed by atoms with Crippen molar-refractivity contribution in [3.63, 3.8) is 0 Å². The van der Waals surface area contributed by atoms with Gasteiger partial charge in [-0.25, -0.2) is 15.0 Å². The van der Waals surface area contributed by atoms with Gasteiger partial charge in [-0.2, -0.15) is 0 Å². The predicted octanol–water partition coefficient (Wildman–Crippen LogP) is 12.2. The Bertz CT molecular complexity index is 2810. The molecule has 3 N–H and O–H groups in total. The minimum atomic E-state index is 0.173. The molecule has 0 saturated heterocycles. The van der Waals surface area contributed by atoms with E-state index in [1.165, 1.54) is 38.2 Å². The standard InChI is InChI=1S/C37H26N2.C14H13N3/c1-25-33-14-8-7-10-27(33)21-22-34(25)28-16-18-30(19-17-28)36-24-35(29-11-3-2-4-12-29)38-37(39-36)32-20-15-26-9-5-6-13-31(26)23-32;15-13(11-7-3-1-4-8-11)17-14(16)12-9-5-2-6-10-12/h2-24H,1H3;1-10H,(H3,15,16,17). The summed E-state index contributed by atoms with van der Waals surface area (Å²) in [6.45, 7) is 2.21. The molecular formula is C51H39N5. The highest BCUT2D eigenvalue weighted by Crippen LogP contribution is 2.33. The zero-order valence-electron chi connectivity index (χ0n) is 31.0. The van der Waals surface area contributed by atoms with Gasteiger partial charge in [0.2, 0.25) is 0 Å². The van der Waals surface area contributed by atoms with Crippen LogP contribution in [0.5, 0.6) is 0 Å². The number of benzene rings is 8. The van der Waals surface area contributed by atoms with Gasteiger partial charge in [-0.3, -0.25) is 5.41 Å². The first-order valence-electron chi connectivity index (χ1n) is 18.6. The molecule has 9 rings (SSSR count). The fourth-order valence-electron chi connectivity index (χ4n) is 6.82. The number of aliphatic imine (C=N–C) groups is 1. The van der Waals surface area contributed by atoms with Crippen molar-refractivity contribution in [2.75, 3.05) is 0 Å². The smallest absolute Gasteiger partial charge is 0.160 e. The fraction of sp³-hybridized carbons (Fsp3) is 0.0196. The first-order chi connectivity index (χ1) is 27.5. The van der Waals surface area contributed by atoms with E-state index in [9.17, 15) is 0 Å². The summed E-state index contributed by atoms with van der Waals surface area (Å²) in [6, 6.07) is 67.8. The summed E-state index contributed by atoms with van der Waals surface area (Å²) in [5.41, 5.74) is 16.2. The van der Waals surface area contributed by atoms with Gasteiger partial charge in [0.1, 0.15) is 5.84 Å². The number of hydrogen-bond donors (Lipinski definition) is 2. The summed E-state index contributed by atoms with van der Waals surface area (Å²) >= 11 is 0. The molecule has 8 aromatic carbocycles. The van der Waals surface area contributed by atoms with Crippen LogP contribution in [0.1, 0.15) is 16.7 Å². The van der Waals surface area contributed by atoms with Crippen LogP contribution in [0.15, 0.2) is 205 Å². The third-order valence-corrected chi connectivity index (χ3v) is 9.84. The van der Waals surface area contributed by atoms with Gasteiger partial charge in [-0.1, -0.05) is 188 Å². The van der Waals surface area contributed by atoms with Crippen LogP contribution in [-0.4, -0.2) is 21.6 Å². The molecule has 0 bridgehead atoms. The summed E-state index contributed by atoms with van der Waals surface area (Å²) in [5.74, 6) is 1.26. The molecule has 0 fully saturated rings. The van der Waals surface area contributed by atoms with E-state index in [4.69, 9.17) is 21.1 Å².